The van der Waals surface area contributed by atoms with Crippen LogP contribution in [0.1, 0.15) is 85.0 Å². The smallest absolute Gasteiger partial charge is 0.0777 e. The lowest BCUT2D eigenvalue weighted by Gasteiger charge is -2.34. The first-order valence-corrected chi connectivity index (χ1v) is 10.9. The van der Waals surface area contributed by atoms with Gasteiger partial charge in [0, 0.05) is 13.0 Å². The Hall–Kier alpha value is -0.900. The van der Waals surface area contributed by atoms with Crippen LogP contribution in [0.3, 0.4) is 0 Å². The minimum atomic E-state index is -0.511. The van der Waals surface area contributed by atoms with Crippen molar-refractivity contribution in [2.24, 2.45) is 11.3 Å². The van der Waals surface area contributed by atoms with E-state index in [1.54, 1.807) is 0 Å². The Kier molecular flexibility index (Phi) is 8.78. The molecule has 0 bridgehead atoms. The van der Waals surface area contributed by atoms with E-state index in [2.05, 4.69) is 32.1 Å². The molecule has 0 heterocycles. The van der Waals surface area contributed by atoms with Gasteiger partial charge in [0.2, 0.25) is 0 Å². The van der Waals surface area contributed by atoms with Gasteiger partial charge in [-0.15, -0.1) is 0 Å². The Morgan fingerprint density at radius 2 is 1.96 bits per heavy atom. The van der Waals surface area contributed by atoms with Crippen molar-refractivity contribution >= 4 is 0 Å². The molecule has 0 saturated carbocycles. The molecule has 3 heteroatoms. The third kappa shape index (κ3) is 6.89. The Morgan fingerprint density at radius 3 is 2.70 bits per heavy atom. The maximum absolute atomic E-state index is 10.1. The van der Waals surface area contributed by atoms with Crippen LogP contribution in [0, 0.1) is 11.3 Å². The topological polar surface area (TPSA) is 60.7 Å². The summed E-state index contributed by atoms with van der Waals surface area (Å²) in [5.41, 5.74) is 3.83. The highest BCUT2D eigenvalue weighted by atomic mass is 16.3. The van der Waals surface area contributed by atoms with E-state index in [1.807, 2.05) is 6.92 Å². The van der Waals surface area contributed by atoms with Crippen LogP contribution in [0.5, 0.6) is 0 Å². The molecule has 2 rings (SSSR count). The quantitative estimate of drug-likeness (QED) is 0.567. The van der Waals surface area contributed by atoms with Crippen LogP contribution in [0.2, 0.25) is 0 Å². The number of aliphatic hydroxyl groups is 3. The number of allylic oxidation sites excluding steroid dienone is 4. The summed E-state index contributed by atoms with van der Waals surface area (Å²) in [5, 5.41) is 29.1. The molecule has 0 aromatic rings. The lowest BCUT2D eigenvalue weighted by atomic mass is 9.71. The Balaban J connectivity index is 2.01. The molecular weight excluding hydrogens is 336 g/mol. The molecule has 3 nitrogen and oxygen atoms in total. The summed E-state index contributed by atoms with van der Waals surface area (Å²) < 4.78 is 0. The van der Waals surface area contributed by atoms with E-state index < -0.39 is 12.2 Å². The SMILES string of the molecule is CC1=C(/C=C\C2=C\CCC(C)(C)C(CCCCO)CCC2)CC(O)CC1O. The van der Waals surface area contributed by atoms with E-state index in [4.69, 9.17) is 5.11 Å². The van der Waals surface area contributed by atoms with E-state index >= 15 is 0 Å². The maximum Gasteiger partial charge on any atom is 0.0777 e. The van der Waals surface area contributed by atoms with Gasteiger partial charge in [-0.2, -0.15) is 0 Å². The van der Waals surface area contributed by atoms with E-state index in [-0.39, 0.29) is 0 Å². The zero-order valence-corrected chi connectivity index (χ0v) is 17.6. The highest BCUT2D eigenvalue weighted by Crippen LogP contribution is 2.40. The van der Waals surface area contributed by atoms with Gasteiger partial charge in [-0.05, 0) is 80.8 Å². The van der Waals surface area contributed by atoms with Crippen molar-refractivity contribution in [3.05, 3.63) is 34.9 Å². The van der Waals surface area contributed by atoms with Crippen LogP contribution >= 0.6 is 0 Å². The highest BCUT2D eigenvalue weighted by molar-refractivity contribution is 5.34. The molecule has 0 aromatic carbocycles. The first-order chi connectivity index (χ1) is 12.8. The molecule has 0 aromatic heterocycles. The fourth-order valence-electron chi connectivity index (χ4n) is 4.62. The van der Waals surface area contributed by atoms with Crippen molar-refractivity contribution in [3.8, 4) is 0 Å². The summed E-state index contributed by atoms with van der Waals surface area (Å²) in [6, 6.07) is 0. The van der Waals surface area contributed by atoms with Crippen LogP contribution in [-0.4, -0.2) is 34.1 Å². The van der Waals surface area contributed by atoms with Crippen molar-refractivity contribution < 1.29 is 15.3 Å². The normalized spacial score (nSPS) is 31.9. The molecule has 0 spiro atoms. The second-order valence-corrected chi connectivity index (χ2v) is 9.27. The fraction of sp³-hybridized carbons (Fsp3) is 0.750. The maximum atomic E-state index is 10.1. The van der Waals surface area contributed by atoms with Crippen molar-refractivity contribution in [2.75, 3.05) is 6.61 Å². The second kappa shape index (κ2) is 10.6. The number of hydrogen-bond donors (Lipinski definition) is 3. The molecule has 154 valence electrons. The van der Waals surface area contributed by atoms with Crippen LogP contribution in [0.15, 0.2) is 34.9 Å². The van der Waals surface area contributed by atoms with Crippen LogP contribution in [-0.2, 0) is 0 Å². The van der Waals surface area contributed by atoms with E-state index in [9.17, 15) is 10.2 Å². The average molecular weight is 377 g/mol. The van der Waals surface area contributed by atoms with Gasteiger partial charge in [0.05, 0.1) is 12.2 Å². The van der Waals surface area contributed by atoms with Gasteiger partial charge in [-0.25, -0.2) is 0 Å². The van der Waals surface area contributed by atoms with Crippen molar-refractivity contribution in [1.29, 1.82) is 0 Å². The third-order valence-electron chi connectivity index (χ3n) is 6.73. The van der Waals surface area contributed by atoms with E-state index in [0.717, 1.165) is 42.7 Å². The van der Waals surface area contributed by atoms with Crippen molar-refractivity contribution in [1.82, 2.24) is 0 Å². The minimum Gasteiger partial charge on any atom is -0.396 e. The number of aliphatic hydroxyl groups excluding tert-OH is 3. The number of hydrogen-bond acceptors (Lipinski definition) is 3. The molecule has 0 saturated heterocycles. The Morgan fingerprint density at radius 1 is 1.19 bits per heavy atom. The fourth-order valence-corrected chi connectivity index (χ4v) is 4.62. The molecule has 2 aliphatic rings. The summed E-state index contributed by atoms with van der Waals surface area (Å²) in [6.07, 6.45) is 16.0. The van der Waals surface area contributed by atoms with Crippen molar-refractivity contribution in [2.45, 2.75) is 97.2 Å². The first kappa shape index (κ1) is 22.4. The lowest BCUT2D eigenvalue weighted by Crippen LogP contribution is -2.25. The van der Waals surface area contributed by atoms with Gasteiger partial charge in [0.1, 0.15) is 0 Å². The summed E-state index contributed by atoms with van der Waals surface area (Å²) in [4.78, 5) is 0. The average Bonchev–Trinajstić information content (AvgIpc) is 2.67. The first-order valence-electron chi connectivity index (χ1n) is 10.9. The molecule has 3 unspecified atom stereocenters. The van der Waals surface area contributed by atoms with Gasteiger partial charge in [0.25, 0.3) is 0 Å². The Labute approximate surface area is 165 Å². The lowest BCUT2D eigenvalue weighted by molar-refractivity contribution is 0.0879. The molecule has 0 radical (unpaired) electrons. The van der Waals surface area contributed by atoms with Gasteiger partial charge in [-0.1, -0.05) is 44.1 Å². The summed E-state index contributed by atoms with van der Waals surface area (Å²) in [5.74, 6) is 0.731. The third-order valence-corrected chi connectivity index (χ3v) is 6.73. The number of unbranched alkanes of at least 4 members (excludes halogenated alkanes) is 1. The van der Waals surface area contributed by atoms with Gasteiger partial charge < -0.3 is 15.3 Å². The predicted octanol–water partition coefficient (Wildman–Crippen LogP) is 5.07. The number of rotatable bonds is 6. The predicted molar refractivity (Wildman–Crippen MR) is 112 cm³/mol. The summed E-state index contributed by atoms with van der Waals surface area (Å²) in [6.45, 7) is 7.10. The molecule has 0 fully saturated rings. The molecule has 27 heavy (non-hydrogen) atoms. The highest BCUT2D eigenvalue weighted by Gasteiger charge is 2.28. The Bertz CT molecular complexity index is 556. The zero-order chi connectivity index (χ0) is 19.9. The molecule has 2 aliphatic carbocycles. The van der Waals surface area contributed by atoms with E-state index in [1.165, 1.54) is 31.3 Å². The summed E-state index contributed by atoms with van der Waals surface area (Å²) in [7, 11) is 0. The van der Waals surface area contributed by atoms with Crippen molar-refractivity contribution in [3.63, 3.8) is 0 Å². The molecule has 3 N–H and O–H groups in total. The van der Waals surface area contributed by atoms with Crippen LogP contribution in [0.25, 0.3) is 0 Å². The van der Waals surface area contributed by atoms with Gasteiger partial charge in [0.15, 0.2) is 0 Å². The van der Waals surface area contributed by atoms with Crippen LogP contribution < -0.4 is 0 Å². The summed E-state index contributed by atoms with van der Waals surface area (Å²) >= 11 is 0. The molecular formula is C24H40O3. The molecule has 3 atom stereocenters. The second-order valence-electron chi connectivity index (χ2n) is 9.27. The monoisotopic (exact) mass is 376 g/mol. The molecule has 0 amide bonds. The zero-order valence-electron chi connectivity index (χ0n) is 17.6. The largest absolute Gasteiger partial charge is 0.396 e. The van der Waals surface area contributed by atoms with Gasteiger partial charge >= 0.3 is 0 Å². The standard InChI is InChI=1S/C24H40O3/c1-18-20(16-22(26)17-23(18)27)13-12-19-8-6-11-21(10-4-5-15-25)24(2,3)14-7-9-19/h9,12-13,21-23,25-27H,4-8,10-11,14-17H2,1-3H3/b13-12-,19-9+. The van der Waals surface area contributed by atoms with Gasteiger partial charge in [-0.3, -0.25) is 0 Å². The van der Waals surface area contributed by atoms with Crippen LogP contribution in [0.4, 0.5) is 0 Å². The minimum absolute atomic E-state index is 0.308. The van der Waals surface area contributed by atoms with E-state index in [0.29, 0.717) is 24.9 Å². The molecule has 0 aliphatic heterocycles.